The van der Waals surface area contributed by atoms with Gasteiger partial charge in [0.2, 0.25) is 0 Å². The zero-order chi connectivity index (χ0) is 17.9. The van der Waals surface area contributed by atoms with Crippen LogP contribution in [-0.2, 0) is 17.0 Å². The van der Waals surface area contributed by atoms with E-state index in [4.69, 9.17) is 4.43 Å². The van der Waals surface area contributed by atoms with Gasteiger partial charge in [0.05, 0.1) is 5.56 Å². The molecule has 0 saturated heterocycles. The topological polar surface area (TPSA) is 9.23 Å². The number of halogens is 3. The van der Waals surface area contributed by atoms with Crippen LogP contribution in [0.1, 0.15) is 51.7 Å². The minimum atomic E-state index is -4.28. The highest BCUT2D eigenvalue weighted by molar-refractivity contribution is 6.74. The van der Waals surface area contributed by atoms with Crippen LogP contribution in [0.25, 0.3) is 0 Å². The van der Waals surface area contributed by atoms with E-state index in [0.717, 1.165) is 24.5 Å². The molecular weight excluding hydrogens is 317 g/mol. The summed E-state index contributed by atoms with van der Waals surface area (Å²) < 4.78 is 44.7. The maximum Gasteiger partial charge on any atom is 0.416 e. The van der Waals surface area contributed by atoms with Crippen molar-refractivity contribution in [3.8, 4) is 0 Å². The average Bonchev–Trinajstić information content (AvgIpc) is 2.41. The Balaban J connectivity index is 2.72. The van der Waals surface area contributed by atoms with Gasteiger partial charge in [0, 0.05) is 6.10 Å². The third kappa shape index (κ3) is 5.96. The SMILES string of the molecule is CC[C@@H](CCc1cccc(C(F)(F)F)c1)O[Si](C)(C)C(C)(C)C. The number of hydrogen-bond acceptors (Lipinski definition) is 1. The van der Waals surface area contributed by atoms with E-state index in [1.165, 1.54) is 12.1 Å². The first-order chi connectivity index (χ1) is 10.4. The second-order valence-corrected chi connectivity index (χ2v) is 12.4. The summed E-state index contributed by atoms with van der Waals surface area (Å²) in [7, 11) is -1.85. The molecule has 0 aliphatic carbocycles. The van der Waals surface area contributed by atoms with E-state index >= 15 is 0 Å². The van der Waals surface area contributed by atoms with Gasteiger partial charge in [-0.2, -0.15) is 13.2 Å². The highest BCUT2D eigenvalue weighted by Crippen LogP contribution is 2.38. The van der Waals surface area contributed by atoms with Crippen LogP contribution in [0.4, 0.5) is 13.2 Å². The van der Waals surface area contributed by atoms with Crippen LogP contribution in [0.5, 0.6) is 0 Å². The van der Waals surface area contributed by atoms with E-state index in [2.05, 4.69) is 40.8 Å². The summed E-state index contributed by atoms with van der Waals surface area (Å²) in [5, 5.41) is 0.136. The summed E-state index contributed by atoms with van der Waals surface area (Å²) in [6.45, 7) is 13.1. The van der Waals surface area contributed by atoms with Crippen LogP contribution in [0.3, 0.4) is 0 Å². The summed E-state index contributed by atoms with van der Waals surface area (Å²) in [4.78, 5) is 0. The van der Waals surface area contributed by atoms with Gasteiger partial charge in [-0.25, -0.2) is 0 Å². The van der Waals surface area contributed by atoms with Crippen LogP contribution in [-0.4, -0.2) is 14.4 Å². The molecule has 0 amide bonds. The molecule has 1 aromatic carbocycles. The van der Waals surface area contributed by atoms with E-state index in [9.17, 15) is 13.2 Å². The zero-order valence-corrected chi connectivity index (χ0v) is 16.1. The van der Waals surface area contributed by atoms with Crippen molar-refractivity contribution in [3.05, 3.63) is 35.4 Å². The maximum atomic E-state index is 12.8. The van der Waals surface area contributed by atoms with Gasteiger partial charge >= 0.3 is 6.18 Å². The molecule has 0 radical (unpaired) electrons. The Labute approximate surface area is 139 Å². The Morgan fingerprint density at radius 1 is 1.13 bits per heavy atom. The quantitative estimate of drug-likeness (QED) is 0.539. The van der Waals surface area contributed by atoms with Gasteiger partial charge in [-0.05, 0) is 49.0 Å². The predicted molar refractivity (Wildman–Crippen MR) is 92.1 cm³/mol. The lowest BCUT2D eigenvalue weighted by molar-refractivity contribution is -0.137. The minimum absolute atomic E-state index is 0.102. The van der Waals surface area contributed by atoms with Crippen LogP contribution >= 0.6 is 0 Å². The van der Waals surface area contributed by atoms with Crippen molar-refractivity contribution in [2.75, 3.05) is 0 Å². The molecule has 1 aromatic rings. The average molecular weight is 347 g/mol. The zero-order valence-electron chi connectivity index (χ0n) is 15.1. The summed E-state index contributed by atoms with van der Waals surface area (Å²) in [6.07, 6.45) is -1.93. The van der Waals surface area contributed by atoms with Crippen molar-refractivity contribution < 1.29 is 17.6 Å². The molecule has 0 fully saturated rings. The fourth-order valence-electron chi connectivity index (χ4n) is 2.17. The van der Waals surface area contributed by atoms with Crippen molar-refractivity contribution in [2.24, 2.45) is 0 Å². The largest absolute Gasteiger partial charge is 0.416 e. The molecule has 0 heterocycles. The number of aryl methyl sites for hydroxylation is 1. The van der Waals surface area contributed by atoms with Crippen LogP contribution in [0, 0.1) is 0 Å². The molecule has 0 bridgehead atoms. The lowest BCUT2D eigenvalue weighted by atomic mass is 10.0. The molecule has 0 aromatic heterocycles. The summed E-state index contributed by atoms with van der Waals surface area (Å²) >= 11 is 0. The van der Waals surface area contributed by atoms with Gasteiger partial charge in [-0.1, -0.05) is 45.9 Å². The van der Waals surface area contributed by atoms with E-state index in [1.54, 1.807) is 6.07 Å². The lowest BCUT2D eigenvalue weighted by Gasteiger charge is -2.39. The molecule has 1 nitrogen and oxygen atoms in total. The third-order valence-electron chi connectivity index (χ3n) is 4.73. The fraction of sp³-hybridized carbons (Fsp3) is 0.667. The Morgan fingerprint density at radius 2 is 1.74 bits per heavy atom. The fourth-order valence-corrected chi connectivity index (χ4v) is 3.64. The van der Waals surface area contributed by atoms with Crippen LogP contribution in [0.15, 0.2) is 24.3 Å². The van der Waals surface area contributed by atoms with Crippen molar-refractivity contribution in [3.63, 3.8) is 0 Å². The van der Waals surface area contributed by atoms with Gasteiger partial charge in [-0.15, -0.1) is 0 Å². The van der Waals surface area contributed by atoms with Crippen molar-refractivity contribution >= 4 is 8.32 Å². The first kappa shape index (κ1) is 20.2. The molecular formula is C18H29F3OSi. The first-order valence-electron chi connectivity index (χ1n) is 8.21. The lowest BCUT2D eigenvalue weighted by Crippen LogP contribution is -2.43. The van der Waals surface area contributed by atoms with Crippen LogP contribution in [0.2, 0.25) is 18.1 Å². The highest BCUT2D eigenvalue weighted by atomic mass is 28.4. The predicted octanol–water partition coefficient (Wildman–Crippen LogP) is 6.44. The molecule has 132 valence electrons. The Hall–Kier alpha value is -0.813. The monoisotopic (exact) mass is 346 g/mol. The van der Waals surface area contributed by atoms with Gasteiger partial charge in [0.15, 0.2) is 8.32 Å². The summed E-state index contributed by atoms with van der Waals surface area (Å²) in [5.74, 6) is 0. The molecule has 0 N–H and O–H groups in total. The van der Waals surface area contributed by atoms with Crippen molar-refractivity contribution in [1.29, 1.82) is 0 Å². The molecule has 5 heteroatoms. The summed E-state index contributed by atoms with van der Waals surface area (Å²) in [5.41, 5.74) is 0.144. The maximum absolute atomic E-state index is 12.8. The van der Waals surface area contributed by atoms with E-state index < -0.39 is 20.1 Å². The van der Waals surface area contributed by atoms with Gasteiger partial charge < -0.3 is 4.43 Å². The molecule has 1 rings (SSSR count). The molecule has 0 aliphatic heterocycles. The molecule has 0 saturated carbocycles. The molecule has 23 heavy (non-hydrogen) atoms. The molecule has 1 atom stereocenters. The normalized spacial score (nSPS) is 14.8. The smallest absolute Gasteiger partial charge is 0.414 e. The minimum Gasteiger partial charge on any atom is -0.414 e. The first-order valence-corrected chi connectivity index (χ1v) is 11.1. The Morgan fingerprint density at radius 3 is 2.22 bits per heavy atom. The second-order valence-electron chi connectivity index (χ2n) is 7.65. The highest BCUT2D eigenvalue weighted by Gasteiger charge is 2.38. The van der Waals surface area contributed by atoms with E-state index in [-0.39, 0.29) is 11.1 Å². The van der Waals surface area contributed by atoms with E-state index in [1.807, 2.05) is 0 Å². The number of benzene rings is 1. The molecule has 0 unspecified atom stereocenters. The summed E-state index contributed by atoms with van der Waals surface area (Å²) in [6, 6.07) is 5.61. The molecule has 0 spiro atoms. The standard InChI is InChI=1S/C18H29F3OSi/c1-7-16(22-23(5,6)17(2,3)4)12-11-14-9-8-10-15(13-14)18(19,20)21/h8-10,13,16H,7,11-12H2,1-6H3/t16-/m0/s1. The molecule has 0 aliphatic rings. The number of rotatable bonds is 6. The van der Waals surface area contributed by atoms with Crippen LogP contribution < -0.4 is 0 Å². The second kappa shape index (κ2) is 7.39. The van der Waals surface area contributed by atoms with Gasteiger partial charge in [0.1, 0.15) is 0 Å². The third-order valence-corrected chi connectivity index (χ3v) is 9.27. The van der Waals surface area contributed by atoms with Gasteiger partial charge in [0.25, 0.3) is 0 Å². The number of alkyl halides is 3. The van der Waals surface area contributed by atoms with Crippen molar-refractivity contribution in [2.45, 2.75) is 77.4 Å². The van der Waals surface area contributed by atoms with Gasteiger partial charge in [-0.3, -0.25) is 0 Å². The van der Waals surface area contributed by atoms with Crippen molar-refractivity contribution in [1.82, 2.24) is 0 Å². The Kier molecular flexibility index (Phi) is 6.50. The van der Waals surface area contributed by atoms with E-state index in [0.29, 0.717) is 6.42 Å². The number of hydrogen-bond donors (Lipinski definition) is 0. The Bertz CT molecular complexity index is 504.